The number of aliphatic hydroxyl groups is 1. The molecule has 1 aromatic rings. The lowest BCUT2D eigenvalue weighted by Crippen LogP contribution is -2.25. The topological polar surface area (TPSA) is 32.7 Å². The van der Waals surface area contributed by atoms with Crippen LogP contribution >= 0.6 is 0 Å². The fourth-order valence-electron chi connectivity index (χ4n) is 1.46. The SMILES string of the molecule is CN(CCOCCO)CCc1ccccc1. The van der Waals surface area contributed by atoms with Gasteiger partial charge in [-0.15, -0.1) is 0 Å². The second-order valence-corrected chi connectivity index (χ2v) is 3.87. The Morgan fingerprint density at radius 2 is 1.88 bits per heavy atom. The summed E-state index contributed by atoms with van der Waals surface area (Å²) >= 11 is 0. The Morgan fingerprint density at radius 1 is 1.12 bits per heavy atom. The van der Waals surface area contributed by atoms with Crippen LogP contribution in [-0.4, -0.2) is 50.0 Å². The van der Waals surface area contributed by atoms with Crippen molar-refractivity contribution < 1.29 is 9.84 Å². The summed E-state index contributed by atoms with van der Waals surface area (Å²) in [6, 6.07) is 10.5. The van der Waals surface area contributed by atoms with Crippen LogP contribution in [0.5, 0.6) is 0 Å². The molecule has 1 N–H and O–H groups in total. The summed E-state index contributed by atoms with van der Waals surface area (Å²) in [6.07, 6.45) is 1.07. The normalized spacial score (nSPS) is 10.9. The molecule has 0 saturated heterocycles. The number of likely N-dealkylation sites (N-methyl/N-ethyl adjacent to an activating group) is 1. The molecule has 0 unspecified atom stereocenters. The van der Waals surface area contributed by atoms with Gasteiger partial charge in [-0.2, -0.15) is 0 Å². The summed E-state index contributed by atoms with van der Waals surface area (Å²) in [5.74, 6) is 0. The number of nitrogens with zero attached hydrogens (tertiary/aromatic N) is 1. The van der Waals surface area contributed by atoms with E-state index in [2.05, 4.69) is 36.2 Å². The fraction of sp³-hybridized carbons (Fsp3) is 0.538. The molecule has 1 rings (SSSR count). The van der Waals surface area contributed by atoms with E-state index in [4.69, 9.17) is 9.84 Å². The first-order valence-corrected chi connectivity index (χ1v) is 5.74. The summed E-state index contributed by atoms with van der Waals surface area (Å²) in [5, 5.41) is 8.54. The number of aliphatic hydroxyl groups excluding tert-OH is 1. The minimum Gasteiger partial charge on any atom is -0.394 e. The molecular formula is C13H21NO2. The van der Waals surface area contributed by atoms with Gasteiger partial charge in [-0.05, 0) is 19.0 Å². The van der Waals surface area contributed by atoms with Crippen molar-refractivity contribution in [3.63, 3.8) is 0 Å². The molecule has 16 heavy (non-hydrogen) atoms. The minimum absolute atomic E-state index is 0.105. The third kappa shape index (κ3) is 5.85. The van der Waals surface area contributed by atoms with E-state index in [1.165, 1.54) is 5.56 Å². The summed E-state index contributed by atoms with van der Waals surface area (Å²) < 4.78 is 5.21. The molecular weight excluding hydrogens is 202 g/mol. The van der Waals surface area contributed by atoms with Crippen LogP contribution in [0.15, 0.2) is 30.3 Å². The molecule has 0 aromatic heterocycles. The molecule has 0 fully saturated rings. The van der Waals surface area contributed by atoms with Gasteiger partial charge in [0.1, 0.15) is 0 Å². The molecule has 0 aliphatic carbocycles. The molecule has 0 saturated carbocycles. The Hall–Kier alpha value is -0.900. The van der Waals surface area contributed by atoms with Gasteiger partial charge in [0, 0.05) is 13.1 Å². The number of rotatable bonds is 8. The molecule has 0 bridgehead atoms. The molecule has 0 aliphatic rings. The molecule has 3 nitrogen and oxygen atoms in total. The van der Waals surface area contributed by atoms with Crippen LogP contribution in [0.2, 0.25) is 0 Å². The predicted octanol–water partition coefficient (Wildman–Crippen LogP) is 1.17. The monoisotopic (exact) mass is 223 g/mol. The highest BCUT2D eigenvalue weighted by Gasteiger charge is 1.98. The Balaban J connectivity index is 2.08. The number of hydrogen-bond donors (Lipinski definition) is 1. The first-order valence-electron chi connectivity index (χ1n) is 5.74. The number of ether oxygens (including phenoxy) is 1. The third-order valence-corrected chi connectivity index (χ3v) is 2.48. The Labute approximate surface area is 97.7 Å². The minimum atomic E-state index is 0.105. The third-order valence-electron chi connectivity index (χ3n) is 2.48. The maximum absolute atomic E-state index is 8.54. The average Bonchev–Trinajstić information content (AvgIpc) is 2.33. The maximum atomic E-state index is 8.54. The van der Waals surface area contributed by atoms with Crippen LogP contribution in [0.3, 0.4) is 0 Å². The van der Waals surface area contributed by atoms with Crippen molar-refractivity contribution in [1.29, 1.82) is 0 Å². The quantitative estimate of drug-likeness (QED) is 0.672. The van der Waals surface area contributed by atoms with Gasteiger partial charge in [0.25, 0.3) is 0 Å². The second kappa shape index (κ2) is 8.28. The van der Waals surface area contributed by atoms with E-state index >= 15 is 0 Å². The Morgan fingerprint density at radius 3 is 2.56 bits per heavy atom. The molecule has 0 aliphatic heterocycles. The zero-order valence-corrected chi connectivity index (χ0v) is 9.93. The van der Waals surface area contributed by atoms with Crippen molar-refractivity contribution in [1.82, 2.24) is 4.90 Å². The zero-order chi connectivity index (χ0) is 11.6. The van der Waals surface area contributed by atoms with Crippen LogP contribution in [0.1, 0.15) is 5.56 Å². The second-order valence-electron chi connectivity index (χ2n) is 3.87. The summed E-state index contributed by atoms with van der Waals surface area (Å²) in [5.41, 5.74) is 1.37. The molecule has 90 valence electrons. The van der Waals surface area contributed by atoms with E-state index in [1.54, 1.807) is 0 Å². The van der Waals surface area contributed by atoms with Crippen LogP contribution in [0.25, 0.3) is 0 Å². The van der Waals surface area contributed by atoms with Crippen molar-refractivity contribution in [2.75, 3.05) is 40.0 Å². The van der Waals surface area contributed by atoms with Gasteiger partial charge in [0.15, 0.2) is 0 Å². The van der Waals surface area contributed by atoms with Gasteiger partial charge in [0.2, 0.25) is 0 Å². The van der Waals surface area contributed by atoms with E-state index in [1.807, 2.05) is 6.07 Å². The summed E-state index contributed by atoms with van der Waals surface area (Å²) in [6.45, 7) is 3.17. The highest BCUT2D eigenvalue weighted by molar-refractivity contribution is 5.14. The maximum Gasteiger partial charge on any atom is 0.0698 e. The molecule has 0 spiro atoms. The molecule has 1 aromatic carbocycles. The van der Waals surface area contributed by atoms with Crippen molar-refractivity contribution in [2.45, 2.75) is 6.42 Å². The van der Waals surface area contributed by atoms with Crippen molar-refractivity contribution >= 4 is 0 Å². The van der Waals surface area contributed by atoms with Crippen molar-refractivity contribution in [2.24, 2.45) is 0 Å². The molecule has 0 radical (unpaired) electrons. The average molecular weight is 223 g/mol. The van der Waals surface area contributed by atoms with Crippen LogP contribution in [0.4, 0.5) is 0 Å². The van der Waals surface area contributed by atoms with Crippen LogP contribution in [0, 0.1) is 0 Å². The van der Waals surface area contributed by atoms with E-state index in [-0.39, 0.29) is 6.61 Å². The first-order chi connectivity index (χ1) is 7.83. The van der Waals surface area contributed by atoms with Gasteiger partial charge >= 0.3 is 0 Å². The van der Waals surface area contributed by atoms with E-state index < -0.39 is 0 Å². The lowest BCUT2D eigenvalue weighted by molar-refractivity contribution is 0.0786. The van der Waals surface area contributed by atoms with Crippen LogP contribution < -0.4 is 0 Å². The summed E-state index contributed by atoms with van der Waals surface area (Å²) in [7, 11) is 2.09. The lowest BCUT2D eigenvalue weighted by atomic mass is 10.1. The van der Waals surface area contributed by atoms with Gasteiger partial charge < -0.3 is 14.7 Å². The first kappa shape index (κ1) is 13.2. The lowest BCUT2D eigenvalue weighted by Gasteiger charge is -2.16. The van der Waals surface area contributed by atoms with E-state index in [0.717, 1.165) is 19.5 Å². The van der Waals surface area contributed by atoms with E-state index in [9.17, 15) is 0 Å². The van der Waals surface area contributed by atoms with Crippen LogP contribution in [-0.2, 0) is 11.2 Å². The fourth-order valence-corrected chi connectivity index (χ4v) is 1.46. The predicted molar refractivity (Wildman–Crippen MR) is 65.5 cm³/mol. The van der Waals surface area contributed by atoms with Gasteiger partial charge in [-0.25, -0.2) is 0 Å². The summed E-state index contributed by atoms with van der Waals surface area (Å²) in [4.78, 5) is 2.24. The number of benzene rings is 1. The van der Waals surface area contributed by atoms with Crippen molar-refractivity contribution in [3.05, 3.63) is 35.9 Å². The standard InChI is InChI=1S/C13H21NO2/c1-14(9-11-16-12-10-15)8-7-13-5-3-2-4-6-13/h2-6,15H,7-12H2,1H3. The smallest absolute Gasteiger partial charge is 0.0698 e. The molecule has 0 atom stereocenters. The molecule has 3 heteroatoms. The van der Waals surface area contributed by atoms with Crippen molar-refractivity contribution in [3.8, 4) is 0 Å². The van der Waals surface area contributed by atoms with Gasteiger partial charge in [0.05, 0.1) is 19.8 Å². The molecule has 0 amide bonds. The van der Waals surface area contributed by atoms with Gasteiger partial charge in [-0.3, -0.25) is 0 Å². The molecule has 0 heterocycles. The largest absolute Gasteiger partial charge is 0.394 e. The number of hydrogen-bond acceptors (Lipinski definition) is 3. The Bertz CT molecular complexity index is 264. The van der Waals surface area contributed by atoms with E-state index in [0.29, 0.717) is 13.2 Å². The Kier molecular flexibility index (Phi) is 6.81. The highest BCUT2D eigenvalue weighted by atomic mass is 16.5. The van der Waals surface area contributed by atoms with Gasteiger partial charge in [-0.1, -0.05) is 30.3 Å². The highest BCUT2D eigenvalue weighted by Crippen LogP contribution is 2.00. The zero-order valence-electron chi connectivity index (χ0n) is 9.93.